The molecule has 3 heterocycles. The fourth-order valence-electron chi connectivity index (χ4n) is 4.66. The summed E-state index contributed by atoms with van der Waals surface area (Å²) in [6.45, 7) is 6.99. The number of rotatable bonds is 10. The summed E-state index contributed by atoms with van der Waals surface area (Å²) in [5, 5.41) is 18.9. The van der Waals surface area contributed by atoms with Gasteiger partial charge in [0.2, 0.25) is 0 Å². The van der Waals surface area contributed by atoms with Gasteiger partial charge in [0.05, 0.1) is 23.9 Å². The fraction of sp³-hybridized carbons (Fsp3) is 0.538. The molecule has 0 aliphatic carbocycles. The van der Waals surface area contributed by atoms with Crippen LogP contribution in [0.25, 0.3) is 6.08 Å². The van der Waals surface area contributed by atoms with Gasteiger partial charge in [-0.1, -0.05) is 37.3 Å². The second-order valence-corrected chi connectivity index (χ2v) is 10.8. The Kier molecular flexibility index (Phi) is 10.1. The molecule has 0 bridgehead atoms. The van der Waals surface area contributed by atoms with Crippen LogP contribution in [0.1, 0.15) is 62.6 Å². The number of piperidine rings is 1. The van der Waals surface area contributed by atoms with E-state index in [1.165, 1.54) is 4.90 Å². The molecule has 3 rings (SSSR count). The Morgan fingerprint density at radius 2 is 2.03 bits per heavy atom. The summed E-state index contributed by atoms with van der Waals surface area (Å²) >= 11 is 6.40. The van der Waals surface area contributed by atoms with E-state index in [-0.39, 0.29) is 46.2 Å². The first-order valence-corrected chi connectivity index (χ1v) is 13.9. The molecule has 2 aliphatic rings. The number of aliphatic carboxylic acids is 1. The minimum Gasteiger partial charge on any atom is -0.481 e. The van der Waals surface area contributed by atoms with Crippen LogP contribution < -0.4 is 10.5 Å². The van der Waals surface area contributed by atoms with E-state index in [1.54, 1.807) is 24.5 Å². The van der Waals surface area contributed by atoms with Gasteiger partial charge < -0.3 is 14.7 Å². The maximum absolute atomic E-state index is 13.5. The van der Waals surface area contributed by atoms with Gasteiger partial charge in [0.25, 0.3) is 11.5 Å². The predicted molar refractivity (Wildman–Crippen MR) is 149 cm³/mol. The van der Waals surface area contributed by atoms with Gasteiger partial charge >= 0.3 is 11.9 Å². The first kappa shape index (κ1) is 29.4. The molecule has 0 aromatic carbocycles. The van der Waals surface area contributed by atoms with Crippen LogP contribution >= 0.6 is 24.0 Å². The molecule has 0 radical (unpaired) electrons. The molecule has 2 aliphatic heterocycles. The topological polar surface area (TPSA) is 133 Å². The van der Waals surface area contributed by atoms with Crippen molar-refractivity contribution < 1.29 is 24.2 Å². The third kappa shape index (κ3) is 6.27. The first-order valence-electron chi connectivity index (χ1n) is 12.7. The number of nitriles is 1. The van der Waals surface area contributed by atoms with Crippen molar-refractivity contribution in [3.63, 3.8) is 0 Å². The van der Waals surface area contributed by atoms with Crippen molar-refractivity contribution >= 4 is 58.0 Å². The third-order valence-corrected chi connectivity index (χ3v) is 8.00. The summed E-state index contributed by atoms with van der Waals surface area (Å²) in [6.07, 6.45) is 4.30. The summed E-state index contributed by atoms with van der Waals surface area (Å²) in [5.41, 5.74) is 0.573. The zero-order chi connectivity index (χ0) is 28.0. The average Bonchev–Trinajstić information content (AvgIpc) is 3.15. The van der Waals surface area contributed by atoms with Crippen LogP contribution in [0, 0.1) is 24.2 Å². The summed E-state index contributed by atoms with van der Waals surface area (Å²) in [6, 6.07) is 2.03. The Balaban J connectivity index is 2.17. The van der Waals surface area contributed by atoms with E-state index in [1.807, 2.05) is 17.9 Å². The SMILES string of the molecule is CCCCn1c(N2CCCC(C(=O)OCC)C2)c(/C=C2\SC(=S)N(CCC(=O)O)C2=O)c(C)c(C#N)c1=O. The van der Waals surface area contributed by atoms with Crippen molar-refractivity contribution in [1.29, 1.82) is 5.26 Å². The van der Waals surface area contributed by atoms with Gasteiger partial charge in [-0.2, -0.15) is 5.26 Å². The molecule has 1 unspecified atom stereocenters. The maximum Gasteiger partial charge on any atom is 0.310 e. The Morgan fingerprint density at radius 1 is 1.29 bits per heavy atom. The Morgan fingerprint density at radius 3 is 2.66 bits per heavy atom. The normalized spacial score (nSPS) is 18.7. The van der Waals surface area contributed by atoms with Gasteiger partial charge in [-0.3, -0.25) is 28.6 Å². The number of carbonyl (C=O) groups excluding carboxylic acids is 2. The van der Waals surface area contributed by atoms with Crippen LogP contribution in [-0.2, 0) is 25.7 Å². The number of carboxylic acids is 1. The highest BCUT2D eigenvalue weighted by molar-refractivity contribution is 8.26. The number of unbranched alkanes of at least 4 members (excludes halogenated alkanes) is 1. The van der Waals surface area contributed by atoms with Crippen molar-refractivity contribution in [2.24, 2.45) is 5.92 Å². The predicted octanol–water partition coefficient (Wildman–Crippen LogP) is 3.28. The van der Waals surface area contributed by atoms with E-state index in [4.69, 9.17) is 22.1 Å². The fourth-order valence-corrected chi connectivity index (χ4v) is 5.95. The van der Waals surface area contributed by atoms with E-state index in [0.717, 1.165) is 18.2 Å². The number of hydrogen-bond donors (Lipinski definition) is 1. The standard InChI is InChI=1S/C26H32N4O6S2/c1-4-6-11-29-22(28-10-7-8-17(15-28)25(35)36-5-2)18(16(3)19(14-27)23(29)33)13-20-24(34)30(26(37)38-20)12-9-21(31)32/h13,17H,4-12,15H2,1-3H3,(H,31,32)/b20-13-. The number of hydrogen-bond acceptors (Lipinski definition) is 9. The van der Waals surface area contributed by atoms with Gasteiger partial charge in [0, 0.05) is 31.7 Å². The molecule has 1 N–H and O–H groups in total. The third-order valence-electron chi connectivity index (χ3n) is 6.62. The second-order valence-electron chi connectivity index (χ2n) is 9.17. The first-order chi connectivity index (χ1) is 18.1. The monoisotopic (exact) mass is 560 g/mol. The molecule has 2 saturated heterocycles. The van der Waals surface area contributed by atoms with Crippen molar-refractivity contribution in [2.45, 2.75) is 59.4 Å². The van der Waals surface area contributed by atoms with Gasteiger partial charge in [-0.05, 0) is 44.7 Å². The zero-order valence-electron chi connectivity index (χ0n) is 21.8. The van der Waals surface area contributed by atoms with Crippen LogP contribution in [0.3, 0.4) is 0 Å². The lowest BCUT2D eigenvalue weighted by atomic mass is 9.96. The minimum atomic E-state index is -1.04. The Bertz CT molecular complexity index is 1270. The average molecular weight is 561 g/mol. The highest BCUT2D eigenvalue weighted by Gasteiger charge is 2.35. The van der Waals surface area contributed by atoms with Crippen LogP contribution in [0.2, 0.25) is 0 Å². The van der Waals surface area contributed by atoms with Crippen LogP contribution in [0.5, 0.6) is 0 Å². The molecule has 1 aromatic heterocycles. The smallest absolute Gasteiger partial charge is 0.310 e. The molecule has 1 amide bonds. The summed E-state index contributed by atoms with van der Waals surface area (Å²) in [4.78, 5) is 53.8. The lowest BCUT2D eigenvalue weighted by molar-refractivity contribution is -0.148. The van der Waals surface area contributed by atoms with Gasteiger partial charge in [0.15, 0.2) is 0 Å². The molecular formula is C26H32N4O6S2. The number of amides is 1. The Hall–Kier alpha value is -3.17. The number of thiocarbonyl (C=S) groups is 1. The molecule has 204 valence electrons. The van der Waals surface area contributed by atoms with E-state index in [2.05, 4.69) is 0 Å². The number of carbonyl (C=O) groups is 3. The lowest BCUT2D eigenvalue weighted by Crippen LogP contribution is -2.43. The quantitative estimate of drug-likeness (QED) is 0.258. The van der Waals surface area contributed by atoms with Crippen molar-refractivity contribution in [3.8, 4) is 6.07 Å². The van der Waals surface area contributed by atoms with Gasteiger partial charge in [0.1, 0.15) is 21.8 Å². The molecule has 2 fully saturated rings. The molecule has 10 nitrogen and oxygen atoms in total. The number of carboxylic acid groups (broad SMARTS) is 1. The number of aromatic nitrogens is 1. The number of pyridine rings is 1. The van der Waals surface area contributed by atoms with Crippen LogP contribution in [0.4, 0.5) is 5.82 Å². The number of ether oxygens (including phenoxy) is 1. The number of thioether (sulfide) groups is 1. The van der Waals surface area contributed by atoms with Crippen molar-refractivity contribution in [2.75, 3.05) is 31.1 Å². The Labute approximate surface area is 231 Å². The number of anilines is 1. The molecule has 1 aromatic rings. The lowest BCUT2D eigenvalue weighted by Gasteiger charge is -2.36. The molecule has 38 heavy (non-hydrogen) atoms. The minimum absolute atomic E-state index is 0.00332. The second kappa shape index (κ2) is 13.1. The van der Waals surface area contributed by atoms with Crippen LogP contribution in [-0.4, -0.2) is 63.0 Å². The highest BCUT2D eigenvalue weighted by atomic mass is 32.2. The van der Waals surface area contributed by atoms with Gasteiger partial charge in [-0.25, -0.2) is 0 Å². The molecule has 0 saturated carbocycles. The number of esters is 1. The summed E-state index contributed by atoms with van der Waals surface area (Å²) in [5.74, 6) is -1.55. The van der Waals surface area contributed by atoms with Crippen LogP contribution in [0.15, 0.2) is 9.70 Å². The van der Waals surface area contributed by atoms with E-state index >= 15 is 0 Å². The number of nitrogens with zero attached hydrogens (tertiary/aromatic N) is 4. The van der Waals surface area contributed by atoms with E-state index in [9.17, 15) is 24.4 Å². The van der Waals surface area contributed by atoms with E-state index in [0.29, 0.717) is 55.8 Å². The van der Waals surface area contributed by atoms with Crippen molar-refractivity contribution in [1.82, 2.24) is 9.47 Å². The van der Waals surface area contributed by atoms with Crippen molar-refractivity contribution in [3.05, 3.63) is 31.9 Å². The molecule has 1 atom stereocenters. The zero-order valence-corrected chi connectivity index (χ0v) is 23.5. The van der Waals surface area contributed by atoms with E-state index < -0.39 is 17.4 Å². The summed E-state index contributed by atoms with van der Waals surface area (Å²) in [7, 11) is 0. The van der Waals surface area contributed by atoms with Gasteiger partial charge in [-0.15, -0.1) is 0 Å². The largest absolute Gasteiger partial charge is 0.481 e. The molecular weight excluding hydrogens is 528 g/mol. The molecule has 0 spiro atoms. The molecule has 12 heteroatoms. The summed E-state index contributed by atoms with van der Waals surface area (Å²) < 4.78 is 7.10. The highest BCUT2D eigenvalue weighted by Crippen LogP contribution is 2.37. The maximum atomic E-state index is 13.5.